The minimum atomic E-state index is -3.71. The highest BCUT2D eigenvalue weighted by molar-refractivity contribution is 7.92. The largest absolute Gasteiger partial charge is 0.280 e. The van der Waals surface area contributed by atoms with E-state index in [1.165, 1.54) is 9.87 Å². The highest BCUT2D eigenvalue weighted by Crippen LogP contribution is 2.28. The monoisotopic (exact) mass is 448 g/mol. The molecule has 1 N–H and O–H groups in total. The molecule has 162 valence electrons. The Morgan fingerprint density at radius 2 is 1.57 bits per heavy atom. The van der Waals surface area contributed by atoms with Gasteiger partial charge in [-0.2, -0.15) is 4.31 Å². The summed E-state index contributed by atoms with van der Waals surface area (Å²) in [6, 6.07) is 10.8. The molecule has 4 rings (SSSR count). The topological polar surface area (TPSA) is 83.6 Å². The fourth-order valence-corrected chi connectivity index (χ4v) is 6.89. The molecular weight excluding hydrogens is 420 g/mol. The van der Waals surface area contributed by atoms with Gasteiger partial charge in [0.1, 0.15) is 0 Å². The lowest BCUT2D eigenvalue weighted by Gasteiger charge is -2.28. The van der Waals surface area contributed by atoms with Crippen LogP contribution in [0.3, 0.4) is 0 Å². The summed E-state index contributed by atoms with van der Waals surface area (Å²) in [5.74, 6) is 0.132. The number of hydrogen-bond donors (Lipinski definition) is 1. The molecule has 8 heteroatoms. The Morgan fingerprint density at radius 3 is 2.33 bits per heavy atom. The lowest BCUT2D eigenvalue weighted by molar-refractivity contribution is 0.391. The van der Waals surface area contributed by atoms with Crippen molar-refractivity contribution in [2.24, 2.45) is 0 Å². The molecule has 0 atom stereocenters. The van der Waals surface area contributed by atoms with Crippen LogP contribution in [0, 0.1) is 0 Å². The molecule has 0 unspecified atom stereocenters. The molecule has 0 fully saturated rings. The van der Waals surface area contributed by atoms with Gasteiger partial charge < -0.3 is 0 Å². The summed E-state index contributed by atoms with van der Waals surface area (Å²) in [5.41, 5.74) is 4.73. The van der Waals surface area contributed by atoms with Crippen LogP contribution < -0.4 is 4.72 Å². The third kappa shape index (κ3) is 4.40. The summed E-state index contributed by atoms with van der Waals surface area (Å²) in [4.78, 5) is 0.271. The molecule has 0 bridgehead atoms. The van der Waals surface area contributed by atoms with E-state index in [4.69, 9.17) is 0 Å². The van der Waals surface area contributed by atoms with Gasteiger partial charge in [0.05, 0.1) is 10.6 Å². The Hall–Kier alpha value is -1.90. The second kappa shape index (κ2) is 8.32. The van der Waals surface area contributed by atoms with Crippen LogP contribution in [0.1, 0.15) is 48.4 Å². The van der Waals surface area contributed by atoms with Crippen LogP contribution in [0.4, 0.5) is 5.69 Å². The van der Waals surface area contributed by atoms with Gasteiger partial charge in [-0.1, -0.05) is 19.1 Å². The van der Waals surface area contributed by atoms with Gasteiger partial charge in [0.2, 0.25) is 10.0 Å². The number of fused-ring (bicyclic) bond motifs is 2. The number of anilines is 1. The van der Waals surface area contributed by atoms with E-state index in [1.807, 2.05) is 19.1 Å². The van der Waals surface area contributed by atoms with E-state index in [2.05, 4.69) is 4.72 Å². The van der Waals surface area contributed by atoms with Gasteiger partial charge in [0, 0.05) is 18.8 Å². The SMILES string of the molecule is CCCS(=O)(=O)N1CCc2ccc(NS(=O)(=O)c3ccc4c(c3)CCCC4)cc2C1. The van der Waals surface area contributed by atoms with Crippen LogP contribution in [0.25, 0.3) is 0 Å². The van der Waals surface area contributed by atoms with Crippen molar-refractivity contribution in [2.45, 2.75) is 56.9 Å². The summed E-state index contributed by atoms with van der Waals surface area (Å²) in [6.07, 6.45) is 5.37. The molecule has 0 saturated carbocycles. The molecule has 6 nitrogen and oxygen atoms in total. The molecule has 2 aromatic rings. The number of aryl methyl sites for hydroxylation is 2. The number of benzene rings is 2. The molecular formula is C22H28N2O4S2. The van der Waals surface area contributed by atoms with Crippen molar-refractivity contribution in [1.82, 2.24) is 4.31 Å². The van der Waals surface area contributed by atoms with Gasteiger partial charge in [-0.05, 0) is 85.0 Å². The number of nitrogens with zero attached hydrogens (tertiary/aromatic N) is 1. The van der Waals surface area contributed by atoms with Crippen molar-refractivity contribution < 1.29 is 16.8 Å². The second-order valence-corrected chi connectivity index (χ2v) is 11.9. The Balaban J connectivity index is 1.56. The first kappa shape index (κ1) is 21.3. The van der Waals surface area contributed by atoms with E-state index in [0.29, 0.717) is 25.1 Å². The third-order valence-electron chi connectivity index (χ3n) is 5.92. The molecule has 2 aromatic carbocycles. The van der Waals surface area contributed by atoms with E-state index in [-0.39, 0.29) is 17.2 Å². The molecule has 1 aliphatic carbocycles. The summed E-state index contributed by atoms with van der Waals surface area (Å²) < 4.78 is 54.9. The van der Waals surface area contributed by atoms with Gasteiger partial charge in [0.25, 0.3) is 10.0 Å². The summed E-state index contributed by atoms with van der Waals surface area (Å²) in [7, 11) is -6.99. The highest BCUT2D eigenvalue weighted by atomic mass is 32.2. The summed E-state index contributed by atoms with van der Waals surface area (Å²) in [6.45, 7) is 2.60. The maximum Gasteiger partial charge on any atom is 0.261 e. The average molecular weight is 449 g/mol. The van der Waals surface area contributed by atoms with Gasteiger partial charge in [-0.25, -0.2) is 16.8 Å². The van der Waals surface area contributed by atoms with Gasteiger partial charge in [-0.3, -0.25) is 4.72 Å². The normalized spacial score (nSPS) is 17.2. The molecule has 1 heterocycles. The Morgan fingerprint density at radius 1 is 0.867 bits per heavy atom. The number of sulfonamides is 2. The molecule has 30 heavy (non-hydrogen) atoms. The predicted octanol–water partition coefficient (Wildman–Crippen LogP) is 3.46. The van der Waals surface area contributed by atoms with Crippen LogP contribution in [-0.4, -0.2) is 33.4 Å². The Labute approximate surface area is 179 Å². The van der Waals surface area contributed by atoms with Crippen molar-refractivity contribution in [1.29, 1.82) is 0 Å². The standard InChI is InChI=1S/C22H28N2O4S2/c1-2-13-29(25,26)24-12-11-18-7-9-21(14-20(18)16-24)23-30(27,28)22-10-8-17-5-3-4-6-19(17)15-22/h7-10,14-15,23H,2-6,11-13,16H2,1H3. The van der Waals surface area contributed by atoms with Crippen molar-refractivity contribution >= 4 is 25.7 Å². The number of hydrogen-bond acceptors (Lipinski definition) is 4. The Kier molecular flexibility index (Phi) is 5.92. The molecule has 2 aliphatic rings. The Bertz CT molecular complexity index is 1160. The molecule has 0 spiro atoms. The van der Waals surface area contributed by atoms with Crippen LogP contribution in [0.2, 0.25) is 0 Å². The molecule has 0 aromatic heterocycles. The van der Waals surface area contributed by atoms with Crippen molar-refractivity contribution in [3.05, 3.63) is 58.7 Å². The van der Waals surface area contributed by atoms with E-state index >= 15 is 0 Å². The van der Waals surface area contributed by atoms with Crippen molar-refractivity contribution in [3.63, 3.8) is 0 Å². The average Bonchev–Trinajstić information content (AvgIpc) is 2.72. The minimum Gasteiger partial charge on any atom is -0.280 e. The summed E-state index contributed by atoms with van der Waals surface area (Å²) in [5, 5.41) is 0. The summed E-state index contributed by atoms with van der Waals surface area (Å²) >= 11 is 0. The zero-order chi connectivity index (χ0) is 21.4. The van der Waals surface area contributed by atoms with Gasteiger partial charge >= 0.3 is 0 Å². The lowest BCUT2D eigenvalue weighted by Crippen LogP contribution is -2.37. The maximum atomic E-state index is 12.9. The predicted molar refractivity (Wildman–Crippen MR) is 119 cm³/mol. The lowest BCUT2D eigenvalue weighted by atomic mass is 9.92. The first-order chi connectivity index (χ1) is 14.3. The van der Waals surface area contributed by atoms with E-state index in [0.717, 1.165) is 42.4 Å². The number of rotatable bonds is 6. The zero-order valence-electron chi connectivity index (χ0n) is 17.2. The minimum absolute atomic E-state index is 0.132. The first-order valence-corrected chi connectivity index (χ1v) is 13.6. The fraction of sp³-hybridized carbons (Fsp3) is 0.455. The quantitative estimate of drug-likeness (QED) is 0.734. The van der Waals surface area contributed by atoms with Gasteiger partial charge in [-0.15, -0.1) is 0 Å². The van der Waals surface area contributed by atoms with Crippen molar-refractivity contribution in [3.8, 4) is 0 Å². The maximum absolute atomic E-state index is 12.9. The number of nitrogens with one attached hydrogen (secondary N) is 1. The highest BCUT2D eigenvalue weighted by Gasteiger charge is 2.26. The molecule has 1 aliphatic heterocycles. The van der Waals surface area contributed by atoms with Gasteiger partial charge in [0.15, 0.2) is 0 Å². The van der Waals surface area contributed by atoms with Crippen LogP contribution in [0.5, 0.6) is 0 Å². The van der Waals surface area contributed by atoms with Crippen LogP contribution in [-0.2, 0) is 45.9 Å². The fourth-order valence-electron chi connectivity index (χ4n) is 4.31. The molecule has 0 saturated heterocycles. The van der Waals surface area contributed by atoms with E-state index in [9.17, 15) is 16.8 Å². The second-order valence-electron chi connectivity index (χ2n) is 8.13. The van der Waals surface area contributed by atoms with Crippen LogP contribution in [0.15, 0.2) is 41.3 Å². The van der Waals surface area contributed by atoms with Crippen LogP contribution >= 0.6 is 0 Å². The molecule has 0 amide bonds. The van der Waals surface area contributed by atoms with Crippen molar-refractivity contribution in [2.75, 3.05) is 17.0 Å². The third-order valence-corrected chi connectivity index (χ3v) is 9.32. The van der Waals surface area contributed by atoms with E-state index in [1.54, 1.807) is 24.3 Å². The smallest absolute Gasteiger partial charge is 0.261 e. The molecule has 0 radical (unpaired) electrons. The zero-order valence-corrected chi connectivity index (χ0v) is 18.9. The first-order valence-electron chi connectivity index (χ1n) is 10.5. The van der Waals surface area contributed by atoms with E-state index < -0.39 is 20.0 Å².